The second kappa shape index (κ2) is 10.6. The predicted octanol–water partition coefficient (Wildman–Crippen LogP) is 11.2. The van der Waals surface area contributed by atoms with Crippen LogP contribution in [0.15, 0.2) is 170 Å². The predicted molar refractivity (Wildman–Crippen MR) is 180 cm³/mol. The topological polar surface area (TPSA) is 16.1 Å². The lowest BCUT2D eigenvalue weighted by Gasteiger charge is -2.27. The van der Waals surface area contributed by atoms with Gasteiger partial charge < -0.3 is 4.90 Å². The van der Waals surface area contributed by atoms with Crippen molar-refractivity contribution in [3.63, 3.8) is 0 Å². The summed E-state index contributed by atoms with van der Waals surface area (Å²) in [4.78, 5) is 7.49. The second-order valence-electron chi connectivity index (χ2n) is 10.8. The highest BCUT2D eigenvalue weighted by atomic mass is 15.1. The van der Waals surface area contributed by atoms with E-state index in [1.54, 1.807) is 0 Å². The van der Waals surface area contributed by atoms with Crippen molar-refractivity contribution in [3.05, 3.63) is 170 Å². The van der Waals surface area contributed by atoms with Crippen LogP contribution in [0.5, 0.6) is 0 Å². The van der Waals surface area contributed by atoms with Crippen LogP contribution >= 0.6 is 0 Å². The molecule has 2 heteroatoms. The fourth-order valence-corrected chi connectivity index (χ4v) is 6.17. The summed E-state index contributed by atoms with van der Waals surface area (Å²) in [7, 11) is 0. The summed E-state index contributed by atoms with van der Waals surface area (Å²) in [6.45, 7) is 0. The highest BCUT2D eigenvalue weighted by Gasteiger charge is 2.26. The van der Waals surface area contributed by atoms with E-state index in [0.29, 0.717) is 0 Å². The average molecular weight is 549 g/mol. The zero-order valence-electron chi connectivity index (χ0n) is 23.6. The van der Waals surface area contributed by atoms with Crippen LogP contribution in [0.3, 0.4) is 0 Å². The number of para-hydroxylation sites is 3. The van der Waals surface area contributed by atoms with E-state index in [-0.39, 0.29) is 0 Å². The van der Waals surface area contributed by atoms with Crippen molar-refractivity contribution in [3.8, 4) is 55.9 Å². The zero-order chi connectivity index (χ0) is 28.6. The standard InChI is InChI=1S/C41H28N2/c1-4-14-29(15-5-1)38-27-32(28-39(42-38)30-16-6-2-7-17-30)31-24-25-34-35-20-10-12-22-40(35)43(33-18-8-3-9-19-33)41-23-13-11-21-36(41)37(34)26-31/h1-28H. The third-order valence-electron chi connectivity index (χ3n) is 8.20. The molecule has 1 aliphatic heterocycles. The Morgan fingerprint density at radius 2 is 0.814 bits per heavy atom. The van der Waals surface area contributed by atoms with Crippen molar-refractivity contribution in [2.24, 2.45) is 0 Å². The Labute approximate surface area is 252 Å². The van der Waals surface area contributed by atoms with Gasteiger partial charge in [0.25, 0.3) is 0 Å². The lowest BCUT2D eigenvalue weighted by molar-refractivity contribution is 1.29. The summed E-state index contributed by atoms with van der Waals surface area (Å²) >= 11 is 0. The van der Waals surface area contributed by atoms with Crippen LogP contribution in [0.2, 0.25) is 0 Å². The highest BCUT2D eigenvalue weighted by Crippen LogP contribution is 2.51. The maximum atomic E-state index is 5.10. The third-order valence-corrected chi connectivity index (χ3v) is 8.20. The number of anilines is 3. The maximum absolute atomic E-state index is 5.10. The van der Waals surface area contributed by atoms with Gasteiger partial charge >= 0.3 is 0 Å². The quantitative estimate of drug-likeness (QED) is 0.217. The van der Waals surface area contributed by atoms with Crippen molar-refractivity contribution >= 4 is 17.1 Å². The number of aromatic nitrogens is 1. The average Bonchev–Trinajstić information content (AvgIpc) is 3.21. The molecular weight excluding hydrogens is 520 g/mol. The fourth-order valence-electron chi connectivity index (χ4n) is 6.17. The van der Waals surface area contributed by atoms with E-state index in [0.717, 1.165) is 39.3 Å². The van der Waals surface area contributed by atoms with Gasteiger partial charge in [-0.3, -0.25) is 0 Å². The molecule has 0 atom stereocenters. The van der Waals surface area contributed by atoms with Crippen molar-refractivity contribution in [2.75, 3.05) is 4.90 Å². The van der Waals surface area contributed by atoms with Gasteiger partial charge in [0.1, 0.15) is 0 Å². The van der Waals surface area contributed by atoms with E-state index < -0.39 is 0 Å². The van der Waals surface area contributed by atoms with Crippen molar-refractivity contribution in [1.29, 1.82) is 0 Å². The Morgan fingerprint density at radius 3 is 1.40 bits per heavy atom. The summed E-state index contributed by atoms with van der Waals surface area (Å²) in [5, 5.41) is 0. The lowest BCUT2D eigenvalue weighted by Crippen LogP contribution is -2.10. The first kappa shape index (κ1) is 25.0. The summed E-state index contributed by atoms with van der Waals surface area (Å²) in [5.41, 5.74) is 14.8. The first-order chi connectivity index (χ1) is 21.3. The molecule has 0 fully saturated rings. The normalized spacial score (nSPS) is 11.7. The first-order valence-corrected chi connectivity index (χ1v) is 14.6. The largest absolute Gasteiger partial charge is 0.309 e. The van der Waals surface area contributed by atoms with E-state index in [1.165, 1.54) is 33.6 Å². The number of nitrogens with zero attached hydrogens (tertiary/aromatic N) is 2. The van der Waals surface area contributed by atoms with Crippen LogP contribution in [0.25, 0.3) is 55.9 Å². The van der Waals surface area contributed by atoms with Gasteiger partial charge in [-0.2, -0.15) is 0 Å². The van der Waals surface area contributed by atoms with E-state index in [1.807, 2.05) is 12.1 Å². The van der Waals surface area contributed by atoms with Crippen LogP contribution in [0.4, 0.5) is 17.1 Å². The molecule has 0 spiro atoms. The summed E-state index contributed by atoms with van der Waals surface area (Å²) in [5.74, 6) is 0. The molecule has 2 heterocycles. The molecular formula is C41H28N2. The molecule has 0 amide bonds. The molecule has 6 aromatic carbocycles. The Kier molecular flexibility index (Phi) is 6.16. The molecule has 0 saturated heterocycles. The monoisotopic (exact) mass is 548 g/mol. The molecule has 0 radical (unpaired) electrons. The Morgan fingerprint density at radius 1 is 0.326 bits per heavy atom. The van der Waals surface area contributed by atoms with Crippen molar-refractivity contribution in [2.45, 2.75) is 0 Å². The van der Waals surface area contributed by atoms with Crippen molar-refractivity contribution < 1.29 is 0 Å². The minimum atomic E-state index is 0.966. The van der Waals surface area contributed by atoms with Gasteiger partial charge in [0, 0.05) is 27.9 Å². The minimum absolute atomic E-state index is 0.966. The molecule has 0 bridgehead atoms. The van der Waals surface area contributed by atoms with Gasteiger partial charge in [0.15, 0.2) is 0 Å². The van der Waals surface area contributed by atoms with Crippen LogP contribution in [0.1, 0.15) is 0 Å². The first-order valence-electron chi connectivity index (χ1n) is 14.6. The number of fused-ring (bicyclic) bond motifs is 5. The number of hydrogen-bond acceptors (Lipinski definition) is 2. The van der Waals surface area contributed by atoms with Crippen LogP contribution < -0.4 is 4.90 Å². The molecule has 0 saturated carbocycles. The van der Waals surface area contributed by atoms with E-state index in [2.05, 4.69) is 163 Å². The van der Waals surface area contributed by atoms with Crippen molar-refractivity contribution in [1.82, 2.24) is 4.98 Å². The zero-order valence-corrected chi connectivity index (χ0v) is 23.6. The Bertz CT molecular complexity index is 2010. The molecule has 0 N–H and O–H groups in total. The lowest BCUT2D eigenvalue weighted by atomic mass is 9.90. The van der Waals surface area contributed by atoms with Gasteiger partial charge in [-0.1, -0.05) is 127 Å². The molecule has 1 aliphatic rings. The molecule has 1 aromatic heterocycles. The highest BCUT2D eigenvalue weighted by molar-refractivity contribution is 6.03. The Balaban J connectivity index is 1.36. The molecule has 7 aromatic rings. The second-order valence-corrected chi connectivity index (χ2v) is 10.8. The molecule has 0 unspecified atom stereocenters. The number of hydrogen-bond donors (Lipinski definition) is 0. The van der Waals surface area contributed by atoms with Gasteiger partial charge in [-0.05, 0) is 64.7 Å². The van der Waals surface area contributed by atoms with Crippen LogP contribution in [-0.4, -0.2) is 4.98 Å². The van der Waals surface area contributed by atoms with Crippen LogP contribution in [0, 0.1) is 0 Å². The molecule has 2 nitrogen and oxygen atoms in total. The van der Waals surface area contributed by atoms with Crippen LogP contribution in [-0.2, 0) is 0 Å². The Hall–Kier alpha value is -5.73. The molecule has 202 valence electrons. The van der Waals surface area contributed by atoms with E-state index >= 15 is 0 Å². The fraction of sp³-hybridized carbons (Fsp3) is 0. The van der Waals surface area contributed by atoms with Gasteiger partial charge in [0.2, 0.25) is 0 Å². The number of benzene rings is 6. The van der Waals surface area contributed by atoms with Gasteiger partial charge in [-0.25, -0.2) is 4.98 Å². The molecule has 43 heavy (non-hydrogen) atoms. The summed E-state index contributed by atoms with van der Waals surface area (Å²) in [6.07, 6.45) is 0. The SMILES string of the molecule is c1ccc(-c2cc(-c3ccc4c(c3)-c3ccccc3N(c3ccccc3)c3ccccc3-4)cc(-c3ccccc3)n2)cc1. The van der Waals surface area contributed by atoms with Gasteiger partial charge in [0.05, 0.1) is 22.8 Å². The number of rotatable bonds is 4. The van der Waals surface area contributed by atoms with E-state index in [4.69, 9.17) is 4.98 Å². The summed E-state index contributed by atoms with van der Waals surface area (Å²) < 4.78 is 0. The summed E-state index contributed by atoms with van der Waals surface area (Å²) in [6, 6.07) is 60.4. The number of pyridine rings is 1. The smallest absolute Gasteiger partial charge is 0.0715 e. The molecule has 8 rings (SSSR count). The third kappa shape index (κ3) is 4.50. The van der Waals surface area contributed by atoms with E-state index in [9.17, 15) is 0 Å². The maximum Gasteiger partial charge on any atom is 0.0715 e. The molecule has 0 aliphatic carbocycles. The van der Waals surface area contributed by atoms with Gasteiger partial charge in [-0.15, -0.1) is 0 Å². The minimum Gasteiger partial charge on any atom is -0.309 e.